The molecule has 0 saturated carbocycles. The van der Waals surface area contributed by atoms with Gasteiger partial charge in [-0.1, -0.05) is 11.6 Å². The first-order valence-corrected chi connectivity index (χ1v) is 12.0. The predicted molar refractivity (Wildman–Crippen MR) is 132 cm³/mol. The molecule has 3 amide bonds. The monoisotopic (exact) mass is 485 g/mol. The summed E-state index contributed by atoms with van der Waals surface area (Å²) < 4.78 is 5.16. The van der Waals surface area contributed by atoms with Gasteiger partial charge in [-0.05, 0) is 81.1 Å². The van der Waals surface area contributed by atoms with Gasteiger partial charge in [-0.25, -0.2) is 0 Å². The Hall–Kier alpha value is -3.06. The van der Waals surface area contributed by atoms with Crippen LogP contribution in [0.1, 0.15) is 47.4 Å². The number of likely N-dealkylation sites (N-methyl/N-ethyl adjacent to an activating group) is 1. The molecule has 0 aliphatic carbocycles. The first kappa shape index (κ1) is 25.6. The van der Waals surface area contributed by atoms with Crippen molar-refractivity contribution in [2.24, 2.45) is 5.92 Å². The van der Waals surface area contributed by atoms with Crippen LogP contribution < -0.4 is 10.1 Å². The summed E-state index contributed by atoms with van der Waals surface area (Å²) in [5, 5.41) is 3.57. The standard InChI is InChI=1S/C26H32ClN3O4/c1-4-29(5-2)26(33)23(28-24(31)19-8-12-22(34-3)13-9-19)18-14-16-30(17-15-18)25(32)20-6-10-21(27)11-7-20/h6-13,18,23H,4-5,14-17H2,1-3H3,(H,28,31)/t23-/m1/s1. The minimum Gasteiger partial charge on any atom is -0.497 e. The molecule has 1 saturated heterocycles. The molecule has 0 aromatic heterocycles. The Balaban J connectivity index is 1.72. The Bertz CT molecular complexity index is 982. The molecule has 0 radical (unpaired) electrons. The van der Waals surface area contributed by atoms with E-state index in [1.165, 1.54) is 0 Å². The van der Waals surface area contributed by atoms with Crippen LogP contribution in [0.15, 0.2) is 48.5 Å². The third-order valence-corrected chi connectivity index (χ3v) is 6.62. The van der Waals surface area contributed by atoms with Crippen LogP contribution in [0.25, 0.3) is 0 Å². The quantitative estimate of drug-likeness (QED) is 0.615. The molecule has 1 atom stereocenters. The van der Waals surface area contributed by atoms with Crippen molar-refractivity contribution in [3.8, 4) is 5.75 Å². The summed E-state index contributed by atoms with van der Waals surface area (Å²) in [4.78, 5) is 42.7. The molecule has 0 unspecified atom stereocenters. The molecule has 0 bridgehead atoms. The van der Waals surface area contributed by atoms with Crippen molar-refractivity contribution in [2.75, 3.05) is 33.3 Å². The Labute approximate surface area is 206 Å². The van der Waals surface area contributed by atoms with E-state index < -0.39 is 6.04 Å². The van der Waals surface area contributed by atoms with Crippen LogP contribution in [0.4, 0.5) is 0 Å². The van der Waals surface area contributed by atoms with E-state index in [-0.39, 0.29) is 23.6 Å². The molecular formula is C26H32ClN3O4. The molecule has 1 aliphatic rings. The fourth-order valence-electron chi connectivity index (χ4n) is 4.29. The van der Waals surface area contributed by atoms with Crippen molar-refractivity contribution in [1.29, 1.82) is 0 Å². The van der Waals surface area contributed by atoms with Crippen LogP contribution in [0.5, 0.6) is 5.75 Å². The van der Waals surface area contributed by atoms with E-state index in [9.17, 15) is 14.4 Å². The average molecular weight is 486 g/mol. The molecule has 1 fully saturated rings. The summed E-state index contributed by atoms with van der Waals surface area (Å²) in [6.45, 7) is 6.03. The molecule has 34 heavy (non-hydrogen) atoms. The second-order valence-corrected chi connectivity index (χ2v) is 8.76. The Kier molecular flexibility index (Phi) is 8.93. The van der Waals surface area contributed by atoms with Crippen LogP contribution >= 0.6 is 11.6 Å². The maximum absolute atomic E-state index is 13.3. The summed E-state index contributed by atoms with van der Waals surface area (Å²) >= 11 is 5.93. The van der Waals surface area contributed by atoms with Crippen molar-refractivity contribution >= 4 is 29.3 Å². The van der Waals surface area contributed by atoms with E-state index in [0.29, 0.717) is 60.9 Å². The minimum atomic E-state index is -0.651. The first-order valence-electron chi connectivity index (χ1n) is 11.7. The lowest BCUT2D eigenvalue weighted by Gasteiger charge is -2.37. The van der Waals surface area contributed by atoms with Crippen molar-refractivity contribution in [3.05, 3.63) is 64.7 Å². The van der Waals surface area contributed by atoms with Gasteiger partial charge in [0.05, 0.1) is 7.11 Å². The number of ether oxygens (including phenoxy) is 1. The van der Waals surface area contributed by atoms with Crippen molar-refractivity contribution in [1.82, 2.24) is 15.1 Å². The molecule has 7 nitrogen and oxygen atoms in total. The molecule has 1 aliphatic heterocycles. The lowest BCUT2D eigenvalue weighted by Crippen LogP contribution is -2.54. The SMILES string of the molecule is CCN(CC)C(=O)[C@H](NC(=O)c1ccc(OC)cc1)C1CCN(C(=O)c2ccc(Cl)cc2)CC1. The topological polar surface area (TPSA) is 79.0 Å². The zero-order chi connectivity index (χ0) is 24.7. The largest absolute Gasteiger partial charge is 0.497 e. The minimum absolute atomic E-state index is 0.0518. The van der Waals surface area contributed by atoms with Gasteiger partial charge in [0.2, 0.25) is 5.91 Å². The maximum atomic E-state index is 13.3. The van der Waals surface area contributed by atoms with E-state index in [1.54, 1.807) is 65.4 Å². The number of methoxy groups -OCH3 is 1. The number of rotatable bonds is 8. The Morgan fingerprint density at radius 2 is 1.56 bits per heavy atom. The zero-order valence-corrected chi connectivity index (χ0v) is 20.7. The number of hydrogen-bond acceptors (Lipinski definition) is 4. The number of hydrogen-bond donors (Lipinski definition) is 1. The number of halogens is 1. The molecule has 1 heterocycles. The maximum Gasteiger partial charge on any atom is 0.253 e. The molecule has 1 N–H and O–H groups in total. The predicted octanol–water partition coefficient (Wildman–Crippen LogP) is 3.87. The smallest absolute Gasteiger partial charge is 0.253 e. The second-order valence-electron chi connectivity index (χ2n) is 8.33. The Morgan fingerprint density at radius 1 is 1.00 bits per heavy atom. The van der Waals surface area contributed by atoms with Gasteiger partial charge >= 0.3 is 0 Å². The highest BCUT2D eigenvalue weighted by atomic mass is 35.5. The summed E-state index contributed by atoms with van der Waals surface area (Å²) in [6.07, 6.45) is 1.25. The lowest BCUT2D eigenvalue weighted by atomic mass is 9.87. The number of likely N-dealkylation sites (tertiary alicyclic amines) is 1. The lowest BCUT2D eigenvalue weighted by molar-refractivity contribution is -0.134. The molecular weight excluding hydrogens is 454 g/mol. The number of nitrogens with zero attached hydrogens (tertiary/aromatic N) is 2. The molecule has 2 aromatic carbocycles. The number of carbonyl (C=O) groups excluding carboxylic acids is 3. The Morgan fingerprint density at radius 3 is 2.09 bits per heavy atom. The van der Waals surface area contributed by atoms with Crippen molar-refractivity contribution in [3.63, 3.8) is 0 Å². The van der Waals surface area contributed by atoms with Gasteiger partial charge < -0.3 is 19.9 Å². The number of nitrogens with one attached hydrogen (secondary N) is 1. The number of carbonyl (C=O) groups is 3. The van der Waals surface area contributed by atoms with E-state index >= 15 is 0 Å². The average Bonchev–Trinajstić information content (AvgIpc) is 2.88. The molecule has 8 heteroatoms. The molecule has 2 aromatic rings. The van der Waals surface area contributed by atoms with Gasteiger partial charge in [0.15, 0.2) is 0 Å². The highest BCUT2D eigenvalue weighted by Gasteiger charge is 2.35. The molecule has 3 rings (SSSR count). The summed E-state index contributed by atoms with van der Waals surface area (Å²) in [7, 11) is 1.57. The number of amides is 3. The van der Waals surface area contributed by atoms with Crippen LogP contribution in [0.3, 0.4) is 0 Å². The van der Waals surface area contributed by atoms with Crippen LogP contribution in [0.2, 0.25) is 5.02 Å². The third-order valence-electron chi connectivity index (χ3n) is 6.37. The zero-order valence-electron chi connectivity index (χ0n) is 19.9. The van der Waals surface area contributed by atoms with E-state index in [1.807, 2.05) is 13.8 Å². The normalized spacial score (nSPS) is 14.9. The van der Waals surface area contributed by atoms with Gasteiger partial charge in [0.1, 0.15) is 11.8 Å². The van der Waals surface area contributed by atoms with E-state index in [4.69, 9.17) is 16.3 Å². The summed E-state index contributed by atoms with van der Waals surface area (Å²) in [5.74, 6) is 0.154. The van der Waals surface area contributed by atoms with Crippen molar-refractivity contribution < 1.29 is 19.1 Å². The van der Waals surface area contributed by atoms with Gasteiger partial charge in [-0.15, -0.1) is 0 Å². The number of piperidine rings is 1. The van der Waals surface area contributed by atoms with Gasteiger partial charge in [-0.2, -0.15) is 0 Å². The fraction of sp³-hybridized carbons (Fsp3) is 0.423. The van der Waals surface area contributed by atoms with E-state index in [2.05, 4.69) is 5.32 Å². The van der Waals surface area contributed by atoms with Crippen molar-refractivity contribution in [2.45, 2.75) is 32.7 Å². The van der Waals surface area contributed by atoms with Crippen LogP contribution in [-0.2, 0) is 4.79 Å². The molecule has 182 valence electrons. The summed E-state index contributed by atoms with van der Waals surface area (Å²) in [5.41, 5.74) is 1.06. The molecule has 0 spiro atoms. The van der Waals surface area contributed by atoms with Gasteiger partial charge in [-0.3, -0.25) is 14.4 Å². The van der Waals surface area contributed by atoms with Gasteiger partial charge in [0.25, 0.3) is 11.8 Å². The summed E-state index contributed by atoms with van der Waals surface area (Å²) in [6, 6.07) is 13.0. The van der Waals surface area contributed by atoms with Crippen LogP contribution in [-0.4, -0.2) is 66.9 Å². The second kappa shape index (κ2) is 11.9. The third kappa shape index (κ3) is 6.08. The number of benzene rings is 2. The highest BCUT2D eigenvalue weighted by Crippen LogP contribution is 2.24. The van der Waals surface area contributed by atoms with E-state index in [0.717, 1.165) is 0 Å². The highest BCUT2D eigenvalue weighted by molar-refractivity contribution is 6.30. The fourth-order valence-corrected chi connectivity index (χ4v) is 4.42. The van der Waals surface area contributed by atoms with Crippen LogP contribution in [0, 0.1) is 5.92 Å². The van der Waals surface area contributed by atoms with Gasteiger partial charge in [0, 0.05) is 42.3 Å². The first-order chi connectivity index (χ1) is 16.4.